The summed E-state index contributed by atoms with van der Waals surface area (Å²) in [6.45, 7) is 9.82. The van der Waals surface area contributed by atoms with Gasteiger partial charge in [0.1, 0.15) is 34.9 Å². The Morgan fingerprint density at radius 3 is 2.33 bits per heavy atom. The van der Waals surface area contributed by atoms with Gasteiger partial charge in [-0.2, -0.15) is 20.1 Å². The zero-order valence-electron chi connectivity index (χ0n) is 34.4. The highest BCUT2D eigenvalue weighted by Gasteiger charge is 2.24. The van der Waals surface area contributed by atoms with Crippen LogP contribution >= 0.6 is 0 Å². The van der Waals surface area contributed by atoms with E-state index in [1.807, 2.05) is 6.92 Å². The standard InChI is InChI=1S/C39H47N13O9/c1-7-50-29(16-23(2)47-50)36(55)46-37-45-27-17-24(34(40)53)20-31(59-6)33(27)49(37)13-9-8-12-42-32-28(52(57)58)18-25(35(41)54)19-30(32)60-15-11-10-14-51-44-22-26(48-51)21-43-38(56)61-39(3,4)5/h8-11,16-20,22,42H,7,12-15,21H2,1-6H3,(H2,40,53)(H2,41,54)(H,43,56)(H,45,46,55)/b9-8+,11-10+. The normalized spacial score (nSPS) is 11.6. The molecule has 61 heavy (non-hydrogen) atoms. The third-order valence-electron chi connectivity index (χ3n) is 8.55. The number of rotatable bonds is 19. The number of ether oxygens (including phenoxy) is 3. The lowest BCUT2D eigenvalue weighted by molar-refractivity contribution is -0.384. The second-order valence-electron chi connectivity index (χ2n) is 14.3. The first-order valence-electron chi connectivity index (χ1n) is 18.9. The number of nitrogens with zero attached hydrogens (tertiary/aromatic N) is 8. The van der Waals surface area contributed by atoms with E-state index >= 15 is 0 Å². The molecule has 0 unspecified atom stereocenters. The SMILES string of the molecule is CCn1nc(C)cc1C(=O)Nc1nc2cc(C(N)=O)cc(OC)c2n1C/C=C/CNc1c(OC/C=C/Cn2ncc(CNC(=O)OC(C)(C)C)n2)cc(C(N)=O)cc1[N+](=O)[O-]. The number of nitro groups is 1. The van der Waals surface area contributed by atoms with Gasteiger partial charge in [0.2, 0.25) is 17.8 Å². The van der Waals surface area contributed by atoms with Crippen LogP contribution in [0.3, 0.4) is 0 Å². The number of alkyl carbamates (subject to hydrolysis) is 1. The number of amides is 4. The lowest BCUT2D eigenvalue weighted by Crippen LogP contribution is -2.32. The predicted octanol–water partition coefficient (Wildman–Crippen LogP) is 3.85. The van der Waals surface area contributed by atoms with E-state index in [2.05, 4.69) is 36.2 Å². The number of hydrogen-bond donors (Lipinski definition) is 5. The molecule has 0 radical (unpaired) electrons. The monoisotopic (exact) mass is 841 g/mol. The first kappa shape index (κ1) is 44.3. The fourth-order valence-electron chi connectivity index (χ4n) is 5.89. The highest BCUT2D eigenvalue weighted by Crippen LogP contribution is 2.36. The van der Waals surface area contributed by atoms with E-state index in [4.69, 9.17) is 25.7 Å². The summed E-state index contributed by atoms with van der Waals surface area (Å²) in [5.41, 5.74) is 12.2. The molecule has 5 aromatic rings. The number of primary amides is 2. The van der Waals surface area contributed by atoms with Gasteiger partial charge in [0.25, 0.3) is 11.6 Å². The predicted molar refractivity (Wildman–Crippen MR) is 222 cm³/mol. The van der Waals surface area contributed by atoms with Gasteiger partial charge in [-0.3, -0.25) is 34.5 Å². The number of benzene rings is 2. The molecule has 0 aliphatic carbocycles. The van der Waals surface area contributed by atoms with Gasteiger partial charge in [0.05, 0.1) is 42.5 Å². The van der Waals surface area contributed by atoms with Crippen LogP contribution in [0.4, 0.5) is 22.1 Å². The maximum absolute atomic E-state index is 13.5. The van der Waals surface area contributed by atoms with Gasteiger partial charge in [-0.15, -0.1) is 0 Å². The molecule has 0 aliphatic heterocycles. The first-order chi connectivity index (χ1) is 29.0. The molecule has 22 nitrogen and oxygen atoms in total. The number of carbonyl (C=O) groups is 4. The zero-order chi connectivity index (χ0) is 44.4. The highest BCUT2D eigenvalue weighted by molar-refractivity contribution is 6.04. The van der Waals surface area contributed by atoms with Crippen LogP contribution in [0, 0.1) is 17.0 Å². The molecule has 2 aromatic carbocycles. The Labute approximate surface area is 349 Å². The number of aryl methyl sites for hydroxylation is 2. The Balaban J connectivity index is 1.31. The number of nitro benzene ring substituents is 1. The molecule has 0 saturated heterocycles. The minimum absolute atomic E-state index is 0.00378. The topological polar surface area (TPSA) is 294 Å². The molecule has 3 heterocycles. The van der Waals surface area contributed by atoms with Crippen molar-refractivity contribution >= 4 is 52.2 Å². The second-order valence-corrected chi connectivity index (χ2v) is 14.3. The van der Waals surface area contributed by atoms with Gasteiger partial charge in [-0.25, -0.2) is 9.78 Å². The molecule has 0 atom stereocenters. The minimum atomic E-state index is -0.889. The smallest absolute Gasteiger partial charge is 0.407 e. The van der Waals surface area contributed by atoms with Crippen LogP contribution in [0.2, 0.25) is 0 Å². The van der Waals surface area contributed by atoms with Gasteiger partial charge in [-0.1, -0.05) is 18.2 Å². The number of imidazole rings is 1. The van der Waals surface area contributed by atoms with Crippen LogP contribution in [-0.4, -0.2) is 88.9 Å². The van der Waals surface area contributed by atoms with E-state index < -0.39 is 40.0 Å². The average molecular weight is 842 g/mol. The zero-order valence-corrected chi connectivity index (χ0v) is 34.4. The van der Waals surface area contributed by atoms with Crippen LogP contribution in [0.15, 0.2) is 60.8 Å². The minimum Gasteiger partial charge on any atom is -0.494 e. The van der Waals surface area contributed by atoms with Crippen LogP contribution in [0.5, 0.6) is 11.5 Å². The molecule has 0 aliphatic rings. The van der Waals surface area contributed by atoms with Gasteiger partial charge >= 0.3 is 6.09 Å². The largest absolute Gasteiger partial charge is 0.494 e. The number of aromatic nitrogens is 7. The molecule has 7 N–H and O–H groups in total. The third-order valence-corrected chi connectivity index (χ3v) is 8.55. The number of carbonyl (C=O) groups excluding carboxylic acids is 4. The Kier molecular flexibility index (Phi) is 14.0. The molecule has 0 saturated carbocycles. The van der Waals surface area contributed by atoms with E-state index in [0.717, 1.165) is 6.07 Å². The van der Waals surface area contributed by atoms with E-state index in [-0.39, 0.29) is 67.0 Å². The highest BCUT2D eigenvalue weighted by atomic mass is 16.6. The van der Waals surface area contributed by atoms with Crippen molar-refractivity contribution < 1.29 is 38.3 Å². The molecular weight excluding hydrogens is 795 g/mol. The average Bonchev–Trinajstić information content (AvgIpc) is 3.92. The van der Waals surface area contributed by atoms with Crippen molar-refractivity contribution in [1.29, 1.82) is 0 Å². The molecular formula is C39H47N13O9. The van der Waals surface area contributed by atoms with Crippen LogP contribution in [-0.2, 0) is 30.9 Å². The lowest BCUT2D eigenvalue weighted by atomic mass is 10.1. The van der Waals surface area contributed by atoms with Gasteiger partial charge < -0.3 is 40.9 Å². The summed E-state index contributed by atoms with van der Waals surface area (Å²) in [4.78, 5) is 67.1. The lowest BCUT2D eigenvalue weighted by Gasteiger charge is -2.19. The van der Waals surface area contributed by atoms with Crippen molar-refractivity contribution in [2.45, 2.75) is 66.4 Å². The summed E-state index contributed by atoms with van der Waals surface area (Å²) < 4.78 is 19.9. The quantitative estimate of drug-likeness (QED) is 0.0449. The van der Waals surface area contributed by atoms with E-state index in [0.29, 0.717) is 34.7 Å². The third kappa shape index (κ3) is 11.5. The number of fused-ring (bicyclic) bond motifs is 1. The van der Waals surface area contributed by atoms with Gasteiger partial charge in [-0.05, 0) is 65.0 Å². The first-order valence-corrected chi connectivity index (χ1v) is 18.9. The second kappa shape index (κ2) is 19.3. The van der Waals surface area contributed by atoms with Crippen molar-refractivity contribution in [3.05, 3.63) is 99.2 Å². The molecule has 4 amide bonds. The summed E-state index contributed by atoms with van der Waals surface area (Å²) in [5, 5.41) is 33.4. The van der Waals surface area contributed by atoms with Gasteiger partial charge in [0.15, 0.2) is 11.4 Å². The fraction of sp³-hybridized carbons (Fsp3) is 0.333. The molecule has 0 bridgehead atoms. The summed E-state index contributed by atoms with van der Waals surface area (Å²) in [6.07, 6.45) is 7.66. The van der Waals surface area contributed by atoms with Crippen molar-refractivity contribution in [2.75, 3.05) is 30.9 Å². The summed E-state index contributed by atoms with van der Waals surface area (Å²) >= 11 is 0. The molecule has 3 aromatic heterocycles. The maximum atomic E-state index is 13.5. The number of nitrogens with one attached hydrogen (secondary N) is 3. The van der Waals surface area contributed by atoms with Crippen LogP contribution < -0.4 is 36.9 Å². The van der Waals surface area contributed by atoms with Crippen molar-refractivity contribution in [2.24, 2.45) is 11.5 Å². The summed E-state index contributed by atoms with van der Waals surface area (Å²) in [7, 11) is 1.42. The Hall–Kier alpha value is -7.78. The summed E-state index contributed by atoms with van der Waals surface area (Å²) in [6, 6.07) is 6.97. The van der Waals surface area contributed by atoms with Crippen molar-refractivity contribution in [1.82, 2.24) is 39.6 Å². The number of nitrogens with two attached hydrogens (primary N) is 2. The molecule has 0 fully saturated rings. The Morgan fingerprint density at radius 2 is 1.66 bits per heavy atom. The number of allylic oxidation sites excluding steroid dienone is 2. The maximum Gasteiger partial charge on any atom is 0.407 e. The van der Waals surface area contributed by atoms with Crippen molar-refractivity contribution in [3.8, 4) is 11.5 Å². The van der Waals surface area contributed by atoms with Crippen molar-refractivity contribution in [3.63, 3.8) is 0 Å². The molecule has 22 heteroatoms. The molecule has 322 valence electrons. The summed E-state index contributed by atoms with van der Waals surface area (Å²) in [5.74, 6) is -1.64. The Morgan fingerprint density at radius 1 is 0.951 bits per heavy atom. The van der Waals surface area contributed by atoms with Crippen LogP contribution in [0.1, 0.15) is 70.3 Å². The van der Waals surface area contributed by atoms with Crippen LogP contribution in [0.25, 0.3) is 11.0 Å². The van der Waals surface area contributed by atoms with E-state index in [1.54, 1.807) is 67.3 Å². The Bertz CT molecular complexity index is 2510. The number of methoxy groups -OCH3 is 1. The van der Waals surface area contributed by atoms with E-state index in [9.17, 15) is 29.3 Å². The molecule has 0 spiro atoms. The van der Waals surface area contributed by atoms with Gasteiger partial charge in [0, 0.05) is 36.8 Å². The number of hydrogen-bond acceptors (Lipinski definition) is 14. The van der Waals surface area contributed by atoms with E-state index in [1.165, 1.54) is 36.3 Å². The fourth-order valence-corrected chi connectivity index (χ4v) is 5.89. The molecule has 5 rings (SSSR count). The number of anilines is 2.